The van der Waals surface area contributed by atoms with Crippen molar-refractivity contribution >= 4 is 0 Å². The van der Waals surface area contributed by atoms with Gasteiger partial charge in [-0.2, -0.15) is 0 Å². The minimum absolute atomic E-state index is 0.00116. The molecule has 0 aromatic heterocycles. The molecule has 3 rings (SSSR count). The molecule has 116 valence electrons. The standard InChI is InChI=1S/C18H27FN2/c1-2-16(20)18(14-9-3-4-10-15(14)19)21-12-6-8-13-7-5-11-17(13)21/h3-4,9-10,13,16-18H,2,5-8,11-12,20H2,1H3. The zero-order valence-electron chi connectivity index (χ0n) is 13.0. The Morgan fingerprint density at radius 1 is 1.24 bits per heavy atom. The van der Waals surface area contributed by atoms with Crippen molar-refractivity contribution in [3.05, 3.63) is 35.6 Å². The van der Waals surface area contributed by atoms with E-state index in [9.17, 15) is 4.39 Å². The maximum absolute atomic E-state index is 14.4. The lowest BCUT2D eigenvalue weighted by Gasteiger charge is -2.45. The molecule has 0 bridgehead atoms. The number of rotatable bonds is 4. The van der Waals surface area contributed by atoms with Gasteiger partial charge in [-0.1, -0.05) is 31.5 Å². The van der Waals surface area contributed by atoms with Crippen molar-refractivity contribution in [1.29, 1.82) is 0 Å². The van der Waals surface area contributed by atoms with Gasteiger partial charge in [-0.15, -0.1) is 0 Å². The lowest BCUT2D eigenvalue weighted by molar-refractivity contribution is 0.0521. The van der Waals surface area contributed by atoms with E-state index in [2.05, 4.69) is 11.8 Å². The topological polar surface area (TPSA) is 29.3 Å². The van der Waals surface area contributed by atoms with Crippen LogP contribution in [0, 0.1) is 11.7 Å². The molecule has 1 aromatic rings. The second-order valence-corrected chi connectivity index (χ2v) is 6.68. The summed E-state index contributed by atoms with van der Waals surface area (Å²) >= 11 is 0. The highest BCUT2D eigenvalue weighted by Gasteiger charge is 2.40. The van der Waals surface area contributed by atoms with Gasteiger partial charge in [0.05, 0.1) is 6.04 Å². The van der Waals surface area contributed by atoms with E-state index in [1.165, 1.54) is 32.1 Å². The lowest BCUT2D eigenvalue weighted by Crippen LogP contribution is -2.50. The summed E-state index contributed by atoms with van der Waals surface area (Å²) in [5.74, 6) is 0.698. The fourth-order valence-corrected chi connectivity index (χ4v) is 4.43. The molecule has 1 saturated carbocycles. The van der Waals surface area contributed by atoms with Crippen LogP contribution >= 0.6 is 0 Å². The number of fused-ring (bicyclic) bond motifs is 1. The van der Waals surface area contributed by atoms with Crippen molar-refractivity contribution in [2.75, 3.05) is 6.54 Å². The summed E-state index contributed by atoms with van der Waals surface area (Å²) in [6, 6.07) is 7.84. The summed E-state index contributed by atoms with van der Waals surface area (Å²) in [7, 11) is 0. The van der Waals surface area contributed by atoms with Crippen LogP contribution in [0.4, 0.5) is 4.39 Å². The molecule has 2 N–H and O–H groups in total. The van der Waals surface area contributed by atoms with Gasteiger partial charge in [0.2, 0.25) is 0 Å². The summed E-state index contributed by atoms with van der Waals surface area (Å²) in [6.07, 6.45) is 7.36. The second-order valence-electron chi connectivity index (χ2n) is 6.68. The van der Waals surface area contributed by atoms with Crippen LogP contribution in [0.25, 0.3) is 0 Å². The van der Waals surface area contributed by atoms with Gasteiger partial charge < -0.3 is 5.73 Å². The number of likely N-dealkylation sites (tertiary alicyclic amines) is 1. The smallest absolute Gasteiger partial charge is 0.128 e. The Bertz CT molecular complexity index is 476. The Labute approximate surface area is 127 Å². The van der Waals surface area contributed by atoms with Crippen LogP contribution in [0.5, 0.6) is 0 Å². The fourth-order valence-electron chi connectivity index (χ4n) is 4.43. The Balaban J connectivity index is 1.94. The van der Waals surface area contributed by atoms with E-state index in [0.29, 0.717) is 6.04 Å². The summed E-state index contributed by atoms with van der Waals surface area (Å²) in [4.78, 5) is 2.54. The SMILES string of the molecule is CCC(N)C(c1ccccc1F)N1CCCC2CCCC21. The minimum atomic E-state index is -0.105. The van der Waals surface area contributed by atoms with Crippen LogP contribution in [0.3, 0.4) is 0 Å². The molecule has 2 fully saturated rings. The van der Waals surface area contributed by atoms with E-state index in [4.69, 9.17) is 5.73 Å². The molecule has 1 heterocycles. The summed E-state index contributed by atoms with van der Waals surface area (Å²) in [5, 5.41) is 0. The molecule has 0 amide bonds. The number of hydrogen-bond donors (Lipinski definition) is 1. The van der Waals surface area contributed by atoms with Crippen LogP contribution in [-0.4, -0.2) is 23.5 Å². The van der Waals surface area contributed by atoms with Crippen LogP contribution in [0.1, 0.15) is 57.1 Å². The molecule has 1 saturated heterocycles. The van der Waals surface area contributed by atoms with E-state index in [0.717, 1.165) is 24.4 Å². The molecule has 2 aliphatic rings. The van der Waals surface area contributed by atoms with Crippen LogP contribution in [0.15, 0.2) is 24.3 Å². The predicted molar refractivity (Wildman–Crippen MR) is 84.5 cm³/mol. The van der Waals surface area contributed by atoms with Gasteiger partial charge in [0.25, 0.3) is 0 Å². The third kappa shape index (κ3) is 2.86. The van der Waals surface area contributed by atoms with E-state index in [1.54, 1.807) is 12.1 Å². The average molecular weight is 290 g/mol. The molecule has 0 radical (unpaired) electrons. The molecule has 4 atom stereocenters. The van der Waals surface area contributed by atoms with Gasteiger partial charge in [0.1, 0.15) is 5.82 Å². The third-order valence-corrected chi connectivity index (χ3v) is 5.49. The highest BCUT2D eigenvalue weighted by molar-refractivity contribution is 5.23. The van der Waals surface area contributed by atoms with Crippen molar-refractivity contribution in [2.45, 2.75) is 63.6 Å². The number of halogens is 1. The Morgan fingerprint density at radius 2 is 2.00 bits per heavy atom. The molecular weight excluding hydrogens is 263 g/mol. The number of nitrogens with zero attached hydrogens (tertiary/aromatic N) is 1. The van der Waals surface area contributed by atoms with Gasteiger partial charge in [-0.05, 0) is 50.6 Å². The normalized spacial score (nSPS) is 29.1. The van der Waals surface area contributed by atoms with Crippen molar-refractivity contribution < 1.29 is 4.39 Å². The molecule has 3 heteroatoms. The summed E-state index contributed by atoms with van der Waals surface area (Å²) < 4.78 is 14.4. The van der Waals surface area contributed by atoms with Crippen molar-refractivity contribution in [1.82, 2.24) is 4.90 Å². The highest BCUT2D eigenvalue weighted by Crippen LogP contribution is 2.42. The van der Waals surface area contributed by atoms with Crippen molar-refractivity contribution in [3.63, 3.8) is 0 Å². The van der Waals surface area contributed by atoms with E-state index >= 15 is 0 Å². The molecule has 1 aromatic carbocycles. The number of benzene rings is 1. The molecule has 1 aliphatic heterocycles. The first kappa shape index (κ1) is 15.0. The fraction of sp³-hybridized carbons (Fsp3) is 0.667. The van der Waals surface area contributed by atoms with Gasteiger partial charge >= 0.3 is 0 Å². The molecule has 2 nitrogen and oxygen atoms in total. The van der Waals surface area contributed by atoms with Crippen molar-refractivity contribution in [2.24, 2.45) is 11.7 Å². The number of nitrogens with two attached hydrogens (primary N) is 1. The van der Waals surface area contributed by atoms with Gasteiger partial charge in [0.15, 0.2) is 0 Å². The molecule has 0 spiro atoms. The zero-order valence-corrected chi connectivity index (χ0v) is 13.0. The largest absolute Gasteiger partial charge is 0.326 e. The Kier molecular flexibility index (Phi) is 4.60. The first-order valence-corrected chi connectivity index (χ1v) is 8.48. The Morgan fingerprint density at radius 3 is 2.76 bits per heavy atom. The molecule has 1 aliphatic carbocycles. The van der Waals surface area contributed by atoms with Gasteiger partial charge in [0, 0.05) is 17.6 Å². The minimum Gasteiger partial charge on any atom is -0.326 e. The highest BCUT2D eigenvalue weighted by atomic mass is 19.1. The predicted octanol–water partition coefficient (Wildman–Crippen LogP) is 3.87. The maximum Gasteiger partial charge on any atom is 0.128 e. The van der Waals surface area contributed by atoms with Crippen LogP contribution in [-0.2, 0) is 0 Å². The van der Waals surface area contributed by atoms with Crippen LogP contribution in [0.2, 0.25) is 0 Å². The molecular formula is C18H27FN2. The quantitative estimate of drug-likeness (QED) is 0.912. The van der Waals surface area contributed by atoms with E-state index < -0.39 is 0 Å². The van der Waals surface area contributed by atoms with Crippen LogP contribution < -0.4 is 5.73 Å². The van der Waals surface area contributed by atoms with Crippen molar-refractivity contribution in [3.8, 4) is 0 Å². The molecule has 21 heavy (non-hydrogen) atoms. The lowest BCUT2D eigenvalue weighted by atomic mass is 9.86. The zero-order chi connectivity index (χ0) is 14.8. The summed E-state index contributed by atoms with van der Waals surface area (Å²) in [6.45, 7) is 3.17. The first-order chi connectivity index (χ1) is 10.2. The monoisotopic (exact) mass is 290 g/mol. The van der Waals surface area contributed by atoms with E-state index in [-0.39, 0.29) is 17.9 Å². The molecule has 4 unspecified atom stereocenters. The van der Waals surface area contributed by atoms with Gasteiger partial charge in [-0.3, -0.25) is 4.90 Å². The maximum atomic E-state index is 14.4. The van der Waals surface area contributed by atoms with E-state index in [1.807, 2.05) is 12.1 Å². The first-order valence-electron chi connectivity index (χ1n) is 8.48. The number of piperidine rings is 1. The van der Waals surface area contributed by atoms with Gasteiger partial charge in [-0.25, -0.2) is 4.39 Å². The average Bonchev–Trinajstić information content (AvgIpc) is 2.98. The summed E-state index contributed by atoms with van der Waals surface area (Å²) in [5.41, 5.74) is 7.21. The number of hydrogen-bond acceptors (Lipinski definition) is 2. The Hall–Kier alpha value is -0.930. The second kappa shape index (κ2) is 6.45. The third-order valence-electron chi connectivity index (χ3n) is 5.49.